The van der Waals surface area contributed by atoms with Gasteiger partial charge in [0.15, 0.2) is 0 Å². The molecule has 0 spiro atoms. The molecule has 214 valence electrons. The molecule has 0 amide bonds. The van der Waals surface area contributed by atoms with Gasteiger partial charge in [-0.15, -0.1) is 0 Å². The fraction of sp³-hybridized carbons (Fsp3) is 0.704. The number of nitrogens with zero attached hydrogens (tertiary/aromatic N) is 4. The third-order valence-corrected chi connectivity index (χ3v) is 8.48. The highest BCUT2D eigenvalue weighted by atomic mass is 19.4. The number of fused-ring (bicyclic) bond motifs is 3. The van der Waals surface area contributed by atoms with Crippen LogP contribution in [0.4, 0.5) is 24.8 Å². The Morgan fingerprint density at radius 2 is 1.79 bits per heavy atom. The summed E-state index contributed by atoms with van der Waals surface area (Å²) in [5, 5.41) is 8.07. The molecule has 0 saturated carbocycles. The van der Waals surface area contributed by atoms with E-state index in [-0.39, 0.29) is 24.3 Å². The number of pyridine rings is 2. The van der Waals surface area contributed by atoms with Gasteiger partial charge in [0.1, 0.15) is 11.6 Å². The van der Waals surface area contributed by atoms with Crippen LogP contribution in [0.2, 0.25) is 0 Å². The molecule has 12 heteroatoms. The summed E-state index contributed by atoms with van der Waals surface area (Å²) in [6, 6.07) is 6.43. The SMILES string of the molecule is CC1CC(Nc2cc3nc(CN4CCOCC4)ccc3c(NC3C[C@H]4CCC[C@@H](C3)N4CC(F)(F)F)n2)NN1. The first-order chi connectivity index (χ1) is 18.8. The van der Waals surface area contributed by atoms with Gasteiger partial charge in [-0.25, -0.2) is 10.4 Å². The molecule has 39 heavy (non-hydrogen) atoms. The van der Waals surface area contributed by atoms with Gasteiger partial charge in [-0.3, -0.25) is 20.2 Å². The van der Waals surface area contributed by atoms with Gasteiger partial charge in [-0.1, -0.05) is 6.42 Å². The molecule has 4 fully saturated rings. The van der Waals surface area contributed by atoms with Crippen molar-refractivity contribution in [3.8, 4) is 0 Å². The van der Waals surface area contributed by atoms with Crippen LogP contribution in [0.15, 0.2) is 18.2 Å². The van der Waals surface area contributed by atoms with E-state index in [4.69, 9.17) is 14.7 Å². The maximum Gasteiger partial charge on any atom is 0.401 e. The van der Waals surface area contributed by atoms with Gasteiger partial charge in [-0.2, -0.15) is 13.2 Å². The number of piperidine rings is 2. The lowest BCUT2D eigenvalue weighted by Gasteiger charge is -2.49. The Balaban J connectivity index is 1.24. The minimum absolute atomic E-state index is 0.0410. The Hall–Kier alpha value is -2.25. The van der Waals surface area contributed by atoms with Gasteiger partial charge in [0.25, 0.3) is 0 Å². The summed E-state index contributed by atoms with van der Waals surface area (Å²) >= 11 is 0. The number of ether oxygens (including phenoxy) is 1. The molecule has 2 aromatic heterocycles. The van der Waals surface area contributed by atoms with E-state index >= 15 is 0 Å². The third kappa shape index (κ3) is 6.57. The molecule has 2 aromatic rings. The summed E-state index contributed by atoms with van der Waals surface area (Å²) in [4.78, 5) is 14.0. The standard InChI is InChI=1S/C27H39F3N8O/c1-17-11-25(36-35-17)33-24-14-23-22(6-5-18(31-23)15-37-7-9-39-10-8-37)26(34-24)32-19-12-20-3-2-4-21(13-19)38(20)16-27(28,29)30/h5-6,14,17,19-21,25,35-36H,2-4,7-13,15-16H2,1H3,(H2,32,33,34)/t17?,19?,20-,21+,25?. The molecule has 4 aliphatic rings. The number of anilines is 2. The number of halogens is 3. The Labute approximate surface area is 227 Å². The molecule has 3 unspecified atom stereocenters. The molecule has 9 nitrogen and oxygen atoms in total. The molecule has 6 heterocycles. The predicted octanol–water partition coefficient (Wildman–Crippen LogP) is 3.45. The minimum Gasteiger partial charge on any atom is -0.379 e. The zero-order valence-electron chi connectivity index (χ0n) is 22.4. The van der Waals surface area contributed by atoms with Crippen LogP contribution in [0.5, 0.6) is 0 Å². The first-order valence-electron chi connectivity index (χ1n) is 14.3. The summed E-state index contributed by atoms with van der Waals surface area (Å²) < 4.78 is 45.3. The van der Waals surface area contributed by atoms with E-state index in [2.05, 4.69) is 45.4 Å². The van der Waals surface area contributed by atoms with Gasteiger partial charge in [-0.05, 0) is 51.2 Å². The lowest BCUT2D eigenvalue weighted by Crippen LogP contribution is -2.57. The molecule has 0 aliphatic carbocycles. The molecule has 6 rings (SSSR count). The zero-order chi connectivity index (χ0) is 27.0. The van der Waals surface area contributed by atoms with Crippen molar-refractivity contribution in [3.05, 3.63) is 23.9 Å². The van der Waals surface area contributed by atoms with Crippen molar-refractivity contribution < 1.29 is 17.9 Å². The number of morpholine rings is 1. The second kappa shape index (κ2) is 11.3. The van der Waals surface area contributed by atoms with E-state index in [1.165, 1.54) is 0 Å². The monoisotopic (exact) mass is 548 g/mol. The maximum absolute atomic E-state index is 13.3. The van der Waals surface area contributed by atoms with Crippen molar-refractivity contribution in [3.63, 3.8) is 0 Å². The second-order valence-corrected chi connectivity index (χ2v) is 11.6. The third-order valence-electron chi connectivity index (χ3n) is 8.48. The number of aromatic nitrogens is 2. The molecule has 5 atom stereocenters. The lowest BCUT2D eigenvalue weighted by atomic mass is 9.81. The van der Waals surface area contributed by atoms with Gasteiger partial charge >= 0.3 is 6.18 Å². The van der Waals surface area contributed by atoms with E-state index in [9.17, 15) is 13.2 Å². The summed E-state index contributed by atoms with van der Waals surface area (Å²) in [6.07, 6.45) is 0.762. The van der Waals surface area contributed by atoms with E-state index < -0.39 is 12.7 Å². The van der Waals surface area contributed by atoms with Crippen LogP contribution in [-0.2, 0) is 11.3 Å². The van der Waals surface area contributed by atoms with Crippen LogP contribution in [0.25, 0.3) is 10.9 Å². The molecule has 0 aromatic carbocycles. The largest absolute Gasteiger partial charge is 0.401 e. The van der Waals surface area contributed by atoms with Crippen LogP contribution in [0.1, 0.15) is 51.1 Å². The lowest BCUT2D eigenvalue weighted by molar-refractivity contribution is -0.165. The highest BCUT2D eigenvalue weighted by molar-refractivity contribution is 5.91. The fourth-order valence-corrected chi connectivity index (χ4v) is 6.67. The summed E-state index contributed by atoms with van der Waals surface area (Å²) in [7, 11) is 0. The van der Waals surface area contributed by atoms with Gasteiger partial charge < -0.3 is 15.4 Å². The first kappa shape index (κ1) is 26.9. The second-order valence-electron chi connectivity index (χ2n) is 11.6. The molecule has 4 aliphatic heterocycles. The highest BCUT2D eigenvalue weighted by Gasteiger charge is 2.43. The normalized spacial score (nSPS) is 30.5. The smallest absolute Gasteiger partial charge is 0.379 e. The highest BCUT2D eigenvalue weighted by Crippen LogP contribution is 2.38. The number of nitrogens with one attached hydrogen (secondary N) is 4. The van der Waals surface area contributed by atoms with Crippen molar-refractivity contribution in [1.29, 1.82) is 0 Å². The quantitative estimate of drug-likeness (QED) is 0.416. The van der Waals surface area contributed by atoms with Gasteiger partial charge in [0.2, 0.25) is 0 Å². The average molecular weight is 549 g/mol. The van der Waals surface area contributed by atoms with Crippen molar-refractivity contribution >= 4 is 22.5 Å². The van der Waals surface area contributed by atoms with Gasteiger partial charge in [0, 0.05) is 55.3 Å². The van der Waals surface area contributed by atoms with Crippen LogP contribution in [0, 0.1) is 0 Å². The molecule has 4 saturated heterocycles. The van der Waals surface area contributed by atoms with Crippen molar-refractivity contribution in [1.82, 2.24) is 30.6 Å². The van der Waals surface area contributed by atoms with E-state index in [1.54, 1.807) is 4.90 Å². The minimum atomic E-state index is -4.17. The van der Waals surface area contributed by atoms with Crippen molar-refractivity contribution in [2.24, 2.45) is 0 Å². The Bertz CT molecular complexity index is 1120. The van der Waals surface area contributed by atoms with Crippen molar-refractivity contribution in [2.75, 3.05) is 43.5 Å². The van der Waals surface area contributed by atoms with Crippen LogP contribution in [-0.4, -0.2) is 89.1 Å². The Kier molecular flexibility index (Phi) is 7.82. The number of alkyl halides is 3. The molecule has 2 bridgehead atoms. The van der Waals surface area contributed by atoms with E-state index in [0.717, 1.165) is 86.8 Å². The zero-order valence-corrected chi connectivity index (χ0v) is 22.4. The van der Waals surface area contributed by atoms with E-state index in [0.29, 0.717) is 18.9 Å². The Morgan fingerprint density at radius 3 is 2.49 bits per heavy atom. The summed E-state index contributed by atoms with van der Waals surface area (Å²) in [6.45, 7) is 5.34. The molecular weight excluding hydrogens is 509 g/mol. The summed E-state index contributed by atoms with van der Waals surface area (Å²) in [5.74, 6) is 1.47. The number of hydrazine groups is 1. The van der Waals surface area contributed by atoms with E-state index in [1.807, 2.05) is 6.07 Å². The molecule has 4 N–H and O–H groups in total. The average Bonchev–Trinajstić information content (AvgIpc) is 3.28. The number of rotatable bonds is 7. The summed E-state index contributed by atoms with van der Waals surface area (Å²) in [5.41, 5.74) is 8.35. The first-order valence-corrected chi connectivity index (χ1v) is 14.3. The fourth-order valence-electron chi connectivity index (χ4n) is 6.67. The maximum atomic E-state index is 13.3. The molecule has 0 radical (unpaired) electrons. The topological polar surface area (TPSA) is 89.6 Å². The Morgan fingerprint density at radius 1 is 1.03 bits per heavy atom. The van der Waals surface area contributed by atoms with Crippen LogP contribution < -0.4 is 21.5 Å². The number of hydrogen-bond acceptors (Lipinski definition) is 9. The van der Waals surface area contributed by atoms with Crippen molar-refractivity contribution in [2.45, 2.75) is 88.5 Å². The number of hydrogen-bond donors (Lipinski definition) is 4. The van der Waals surface area contributed by atoms with Crippen LogP contribution in [0.3, 0.4) is 0 Å². The molecular formula is C27H39F3N8O. The van der Waals surface area contributed by atoms with Gasteiger partial charge in [0.05, 0.1) is 37.1 Å². The predicted molar refractivity (Wildman–Crippen MR) is 144 cm³/mol. The van der Waals surface area contributed by atoms with Crippen LogP contribution >= 0.6 is 0 Å².